The standard InChI is InChI=1S/C23H29ClN4O4/c1-3-32-22(30)19-18(14-27-9-11-28(12-10-27)21(29)15-7-8-15)26(2)23(31)25-20(19)16-5-4-6-17(24)13-16/h4-6,13,15,20H,3,7-12,14H2,1-2H3,(H,25,31)/t20-/m0/s1. The van der Waals surface area contributed by atoms with Crippen LogP contribution in [-0.4, -0.2) is 79.0 Å². The molecular formula is C23H29ClN4O4. The minimum Gasteiger partial charge on any atom is -0.463 e. The van der Waals surface area contributed by atoms with Gasteiger partial charge >= 0.3 is 12.0 Å². The SMILES string of the molecule is CCOC(=O)C1=C(CN2CCN(C(=O)C3CC3)CC2)N(C)C(=O)N[C@H]1c1cccc(Cl)c1. The Kier molecular flexibility index (Phi) is 6.71. The minimum atomic E-state index is -0.649. The molecule has 172 valence electrons. The number of carbonyl (C=O) groups excluding carboxylic acids is 3. The number of urea groups is 1. The first-order chi connectivity index (χ1) is 15.4. The van der Waals surface area contributed by atoms with Crippen molar-refractivity contribution in [1.82, 2.24) is 20.0 Å². The van der Waals surface area contributed by atoms with E-state index in [-0.39, 0.29) is 24.5 Å². The van der Waals surface area contributed by atoms with Crippen LogP contribution in [0.5, 0.6) is 0 Å². The largest absolute Gasteiger partial charge is 0.463 e. The van der Waals surface area contributed by atoms with Crippen molar-refractivity contribution in [3.05, 3.63) is 46.1 Å². The number of piperazine rings is 1. The lowest BCUT2D eigenvalue weighted by atomic mass is 9.94. The van der Waals surface area contributed by atoms with E-state index in [1.807, 2.05) is 11.0 Å². The molecule has 0 radical (unpaired) electrons. The van der Waals surface area contributed by atoms with Gasteiger partial charge in [0, 0.05) is 56.4 Å². The molecule has 0 bridgehead atoms. The van der Waals surface area contributed by atoms with Gasteiger partial charge in [-0.2, -0.15) is 0 Å². The van der Waals surface area contributed by atoms with Crippen molar-refractivity contribution in [2.75, 3.05) is 46.4 Å². The number of benzene rings is 1. The molecule has 1 aliphatic carbocycles. The first-order valence-electron chi connectivity index (χ1n) is 11.1. The number of esters is 1. The number of halogens is 1. The maximum absolute atomic E-state index is 13.0. The first-order valence-corrected chi connectivity index (χ1v) is 11.5. The molecule has 32 heavy (non-hydrogen) atoms. The maximum Gasteiger partial charge on any atom is 0.338 e. The summed E-state index contributed by atoms with van der Waals surface area (Å²) in [6.07, 6.45) is 2.00. The number of nitrogens with zero attached hydrogens (tertiary/aromatic N) is 3. The predicted molar refractivity (Wildman–Crippen MR) is 120 cm³/mol. The summed E-state index contributed by atoms with van der Waals surface area (Å²) in [5, 5.41) is 3.43. The van der Waals surface area contributed by atoms with Gasteiger partial charge in [-0.15, -0.1) is 0 Å². The van der Waals surface area contributed by atoms with Crippen molar-refractivity contribution in [1.29, 1.82) is 0 Å². The van der Waals surface area contributed by atoms with Crippen LogP contribution in [0.25, 0.3) is 0 Å². The molecule has 4 rings (SSSR count). The molecule has 1 saturated carbocycles. The first kappa shape index (κ1) is 22.6. The van der Waals surface area contributed by atoms with Crippen LogP contribution in [0.1, 0.15) is 31.4 Å². The molecule has 2 aliphatic heterocycles. The molecule has 2 heterocycles. The van der Waals surface area contributed by atoms with Crippen LogP contribution in [0.15, 0.2) is 35.5 Å². The number of hydrogen-bond donors (Lipinski definition) is 1. The minimum absolute atomic E-state index is 0.214. The zero-order valence-corrected chi connectivity index (χ0v) is 19.2. The fraction of sp³-hybridized carbons (Fsp3) is 0.522. The highest BCUT2D eigenvalue weighted by Gasteiger charge is 2.39. The third kappa shape index (κ3) is 4.76. The van der Waals surface area contributed by atoms with E-state index in [0.29, 0.717) is 49.0 Å². The highest BCUT2D eigenvalue weighted by atomic mass is 35.5. The van der Waals surface area contributed by atoms with Crippen molar-refractivity contribution in [2.45, 2.75) is 25.8 Å². The summed E-state index contributed by atoms with van der Waals surface area (Å²) >= 11 is 6.18. The Bertz CT molecular complexity index is 938. The highest BCUT2D eigenvalue weighted by Crippen LogP contribution is 2.33. The summed E-state index contributed by atoms with van der Waals surface area (Å²) in [5.41, 5.74) is 1.74. The number of carbonyl (C=O) groups is 3. The van der Waals surface area contributed by atoms with Gasteiger partial charge in [0.15, 0.2) is 0 Å². The van der Waals surface area contributed by atoms with Crippen molar-refractivity contribution in [2.24, 2.45) is 5.92 Å². The Morgan fingerprint density at radius 3 is 2.53 bits per heavy atom. The zero-order valence-electron chi connectivity index (χ0n) is 18.5. The van der Waals surface area contributed by atoms with Crippen LogP contribution in [0.3, 0.4) is 0 Å². The van der Waals surface area contributed by atoms with Crippen LogP contribution in [0.2, 0.25) is 5.02 Å². The molecule has 3 aliphatic rings. The van der Waals surface area contributed by atoms with Crippen LogP contribution >= 0.6 is 11.6 Å². The van der Waals surface area contributed by atoms with Crippen molar-refractivity contribution in [3.63, 3.8) is 0 Å². The highest BCUT2D eigenvalue weighted by molar-refractivity contribution is 6.30. The van der Waals surface area contributed by atoms with Gasteiger partial charge < -0.3 is 15.0 Å². The number of rotatable bonds is 6. The second kappa shape index (κ2) is 9.50. The normalized spacial score (nSPS) is 22.1. The van der Waals surface area contributed by atoms with Crippen molar-refractivity contribution >= 4 is 29.5 Å². The lowest BCUT2D eigenvalue weighted by Crippen LogP contribution is -2.53. The average Bonchev–Trinajstić information content (AvgIpc) is 3.62. The van der Waals surface area contributed by atoms with Gasteiger partial charge in [-0.3, -0.25) is 14.6 Å². The third-order valence-corrected chi connectivity index (χ3v) is 6.47. The second-order valence-corrected chi connectivity index (χ2v) is 8.89. The average molecular weight is 461 g/mol. The molecule has 3 amide bonds. The fourth-order valence-corrected chi connectivity index (χ4v) is 4.46. The van der Waals surface area contributed by atoms with Crippen LogP contribution in [0, 0.1) is 5.92 Å². The second-order valence-electron chi connectivity index (χ2n) is 8.45. The molecule has 8 nitrogen and oxygen atoms in total. The number of nitrogens with one attached hydrogen (secondary N) is 1. The van der Waals surface area contributed by atoms with Gasteiger partial charge in [0.2, 0.25) is 5.91 Å². The van der Waals surface area contributed by atoms with Gasteiger partial charge in [0.25, 0.3) is 0 Å². The maximum atomic E-state index is 13.0. The van der Waals surface area contributed by atoms with Gasteiger partial charge in [-0.1, -0.05) is 23.7 Å². The Morgan fingerprint density at radius 1 is 1.19 bits per heavy atom. The predicted octanol–water partition coefficient (Wildman–Crippen LogP) is 2.41. The van der Waals surface area contributed by atoms with Crippen LogP contribution in [-0.2, 0) is 14.3 Å². The quantitative estimate of drug-likeness (QED) is 0.659. The Hall–Kier alpha value is -2.58. The number of likely N-dealkylation sites (N-methyl/N-ethyl adjacent to an activating group) is 1. The van der Waals surface area contributed by atoms with Gasteiger partial charge in [-0.05, 0) is 37.5 Å². The van der Waals surface area contributed by atoms with E-state index in [0.717, 1.165) is 18.4 Å². The molecule has 0 spiro atoms. The van der Waals surface area contributed by atoms with Crippen LogP contribution < -0.4 is 5.32 Å². The molecule has 1 aromatic carbocycles. The smallest absolute Gasteiger partial charge is 0.338 e. The molecule has 0 aromatic heterocycles. The molecule has 0 unspecified atom stereocenters. The van der Waals surface area contributed by atoms with Crippen LogP contribution in [0.4, 0.5) is 4.79 Å². The summed E-state index contributed by atoms with van der Waals surface area (Å²) in [6.45, 7) is 5.10. The van der Waals surface area contributed by atoms with Crippen molar-refractivity contribution < 1.29 is 19.1 Å². The van der Waals surface area contributed by atoms with Crippen molar-refractivity contribution in [3.8, 4) is 0 Å². The fourth-order valence-electron chi connectivity index (χ4n) is 4.26. The Balaban J connectivity index is 1.60. The summed E-state index contributed by atoms with van der Waals surface area (Å²) in [6, 6.07) is 6.18. The van der Waals surface area contributed by atoms with Gasteiger partial charge in [0.05, 0.1) is 18.2 Å². The Morgan fingerprint density at radius 2 is 1.91 bits per heavy atom. The van der Waals surface area contributed by atoms with Gasteiger partial charge in [0.1, 0.15) is 0 Å². The monoisotopic (exact) mass is 460 g/mol. The van der Waals surface area contributed by atoms with E-state index >= 15 is 0 Å². The molecule has 1 atom stereocenters. The molecule has 2 fully saturated rings. The van der Waals surface area contributed by atoms with E-state index in [1.165, 1.54) is 4.90 Å². The lowest BCUT2D eigenvalue weighted by Gasteiger charge is -2.39. The summed E-state index contributed by atoms with van der Waals surface area (Å²) in [7, 11) is 1.66. The van der Waals surface area contributed by atoms with E-state index in [4.69, 9.17) is 16.3 Å². The third-order valence-electron chi connectivity index (χ3n) is 6.24. The summed E-state index contributed by atoms with van der Waals surface area (Å²) in [4.78, 5) is 43.8. The van der Waals surface area contributed by atoms with Gasteiger partial charge in [-0.25, -0.2) is 9.59 Å². The molecule has 1 aromatic rings. The summed E-state index contributed by atoms with van der Waals surface area (Å²) in [5.74, 6) is 0.0134. The number of hydrogen-bond acceptors (Lipinski definition) is 5. The molecular weight excluding hydrogens is 432 g/mol. The number of amides is 3. The van der Waals surface area contributed by atoms with E-state index in [1.54, 1.807) is 32.2 Å². The van der Waals surface area contributed by atoms with E-state index in [9.17, 15) is 14.4 Å². The molecule has 1 N–H and O–H groups in total. The Labute approximate surface area is 193 Å². The molecule has 9 heteroatoms. The van der Waals surface area contributed by atoms with E-state index < -0.39 is 12.0 Å². The topological polar surface area (TPSA) is 82.2 Å². The lowest BCUT2D eigenvalue weighted by molar-refractivity contribution is -0.139. The zero-order chi connectivity index (χ0) is 22.8. The summed E-state index contributed by atoms with van der Waals surface area (Å²) < 4.78 is 5.37. The number of ether oxygens (including phenoxy) is 1. The molecule has 1 saturated heterocycles. The van der Waals surface area contributed by atoms with E-state index in [2.05, 4.69) is 10.2 Å².